The van der Waals surface area contributed by atoms with Crippen LogP contribution in [0.15, 0.2) is 81.9 Å². The summed E-state index contributed by atoms with van der Waals surface area (Å²) in [5.74, 6) is 1.31. The molecule has 3 aromatic heterocycles. The summed E-state index contributed by atoms with van der Waals surface area (Å²) in [5, 5.41) is 14.2. The molecule has 5 N–H and O–H groups in total. The number of benzene rings is 3. The first kappa shape index (κ1) is 30.9. The molecule has 12 heteroatoms. The summed E-state index contributed by atoms with van der Waals surface area (Å²) in [6.07, 6.45) is 5.00. The number of nitrogens with zero attached hydrogens (tertiary/aromatic N) is 2. The number of aromatic amines is 1. The van der Waals surface area contributed by atoms with Gasteiger partial charge in [-0.1, -0.05) is 56.3 Å². The lowest BCUT2D eigenvalue weighted by Gasteiger charge is -2.26. The highest BCUT2D eigenvalue weighted by Gasteiger charge is 2.44. The molecule has 4 aliphatic heterocycles. The Balaban J connectivity index is 1.18. The van der Waals surface area contributed by atoms with Crippen molar-refractivity contribution in [1.29, 1.82) is 0 Å². The van der Waals surface area contributed by atoms with E-state index in [2.05, 4.69) is 44.5 Å². The maximum Gasteiger partial charge on any atom is 0.249 e. The molecular formula is C40H37N7O5. The molecule has 0 aliphatic carbocycles. The molecule has 4 aliphatic rings. The minimum atomic E-state index is -0.825. The number of aromatic nitrogens is 3. The normalized spacial score (nSPS) is 23.0. The number of rotatable bonds is 3. The Kier molecular flexibility index (Phi) is 7.04. The molecule has 1 fully saturated rings. The van der Waals surface area contributed by atoms with Crippen LogP contribution >= 0.6 is 0 Å². The van der Waals surface area contributed by atoms with Gasteiger partial charge in [-0.25, -0.2) is 9.97 Å². The number of hydrogen-bond acceptors (Lipinski definition) is 9. The van der Waals surface area contributed by atoms with Gasteiger partial charge in [0.2, 0.25) is 23.6 Å². The van der Waals surface area contributed by atoms with Crippen LogP contribution in [0.25, 0.3) is 44.9 Å². The number of H-pyrrole nitrogens is 1. The lowest BCUT2D eigenvalue weighted by atomic mass is 9.91. The van der Waals surface area contributed by atoms with Gasteiger partial charge in [0.1, 0.15) is 23.8 Å². The topological polar surface area (TPSA) is 159 Å². The van der Waals surface area contributed by atoms with Crippen LogP contribution in [0.5, 0.6) is 5.75 Å². The first-order valence-electron chi connectivity index (χ1n) is 18.0. The summed E-state index contributed by atoms with van der Waals surface area (Å²) in [6.45, 7) is 4.78. The second kappa shape index (κ2) is 11.8. The summed E-state index contributed by atoms with van der Waals surface area (Å²) < 4.78 is 20.1. The van der Waals surface area contributed by atoms with Crippen molar-refractivity contribution in [3.63, 3.8) is 0 Å². The highest BCUT2D eigenvalue weighted by molar-refractivity contribution is 6.06. The number of ether oxygens (including phenoxy) is 1. The van der Waals surface area contributed by atoms with E-state index in [1.807, 2.05) is 62.5 Å². The minimum absolute atomic E-state index is 0.108. The summed E-state index contributed by atoms with van der Waals surface area (Å²) in [5.41, 5.74) is 6.93. The molecular weight excluding hydrogens is 658 g/mol. The van der Waals surface area contributed by atoms with Gasteiger partial charge in [-0.2, -0.15) is 0 Å². The van der Waals surface area contributed by atoms with E-state index in [0.717, 1.165) is 63.8 Å². The highest BCUT2D eigenvalue weighted by atomic mass is 16.5. The predicted octanol–water partition coefficient (Wildman–Crippen LogP) is 6.03. The van der Waals surface area contributed by atoms with Crippen LogP contribution < -0.4 is 26.0 Å². The zero-order chi connectivity index (χ0) is 35.1. The van der Waals surface area contributed by atoms with Crippen LogP contribution in [0.1, 0.15) is 61.4 Å². The number of amides is 2. The standard InChI is InChI=1S/C40H37N7O5/c1-19(2)33-40-47-34-35(52-40)32-23-15-20(16-28(37(49)46-33)44-36(48)27-11-6-14-41-27)12-13-29(23)50-38(32)45-25-9-4-3-7-21(25)22-8-5-10-26-31(22)24(17-42-26)30-18-43-39(34)51-30/h3-5,7-10,12-13,15,17-19,27-28,32-33,38,41-42,45H,6,11,14,16H2,1-2H3,(H,44,48)(H,46,49)/t27?,28-,32?,33?,38?/m0/s1. The van der Waals surface area contributed by atoms with Crippen molar-refractivity contribution in [3.05, 3.63) is 95.8 Å². The molecule has 52 heavy (non-hydrogen) atoms. The van der Waals surface area contributed by atoms with E-state index in [1.165, 1.54) is 0 Å². The van der Waals surface area contributed by atoms with Crippen molar-refractivity contribution in [3.8, 4) is 39.8 Å². The molecule has 4 unspecified atom stereocenters. The van der Waals surface area contributed by atoms with E-state index in [9.17, 15) is 9.59 Å². The number of nitrogens with one attached hydrogen (secondary N) is 5. The van der Waals surface area contributed by atoms with Gasteiger partial charge < -0.3 is 39.8 Å². The van der Waals surface area contributed by atoms with Crippen molar-refractivity contribution in [2.75, 3.05) is 11.9 Å². The maximum absolute atomic E-state index is 14.1. The zero-order valence-corrected chi connectivity index (χ0v) is 28.7. The van der Waals surface area contributed by atoms with E-state index >= 15 is 0 Å². The first-order valence-corrected chi connectivity index (χ1v) is 18.0. The highest BCUT2D eigenvalue weighted by Crippen LogP contribution is 2.49. The van der Waals surface area contributed by atoms with Crippen LogP contribution in [0.2, 0.25) is 0 Å². The van der Waals surface area contributed by atoms with Crippen molar-refractivity contribution < 1.29 is 23.2 Å². The molecule has 3 aromatic carbocycles. The molecule has 6 bridgehead atoms. The second-order valence-electron chi connectivity index (χ2n) is 14.4. The van der Waals surface area contributed by atoms with E-state index in [1.54, 1.807) is 6.20 Å². The van der Waals surface area contributed by atoms with Gasteiger partial charge in [0.15, 0.2) is 23.4 Å². The Hall–Kier alpha value is -5.88. The third-order valence-corrected chi connectivity index (χ3v) is 10.8. The van der Waals surface area contributed by atoms with Gasteiger partial charge in [-0.3, -0.25) is 9.59 Å². The van der Waals surface area contributed by atoms with Crippen LogP contribution in [-0.2, 0) is 16.0 Å². The Morgan fingerprint density at radius 3 is 2.75 bits per heavy atom. The van der Waals surface area contributed by atoms with Gasteiger partial charge in [0.05, 0.1) is 12.2 Å². The molecule has 0 saturated carbocycles. The SMILES string of the molecule is CC(C)C1NC(=O)[C@@H](NC(=O)C2CCCN2)Cc2ccc3c(c2)C2c4oc1nc4-c1ncc(o1)-c1c[nH]c4cccc(c14)-c1ccccc1NC2O3. The summed E-state index contributed by atoms with van der Waals surface area (Å²) in [6, 6.07) is 18.6. The van der Waals surface area contributed by atoms with E-state index in [0.29, 0.717) is 41.2 Å². The van der Waals surface area contributed by atoms with Gasteiger partial charge in [-0.15, -0.1) is 0 Å². The third kappa shape index (κ3) is 4.92. The summed E-state index contributed by atoms with van der Waals surface area (Å²) >= 11 is 0. The fourth-order valence-electron chi connectivity index (χ4n) is 8.18. The van der Waals surface area contributed by atoms with Gasteiger partial charge in [0.25, 0.3) is 0 Å². The Morgan fingerprint density at radius 2 is 1.88 bits per heavy atom. The van der Waals surface area contributed by atoms with Crippen LogP contribution in [-0.4, -0.2) is 51.6 Å². The summed E-state index contributed by atoms with van der Waals surface area (Å²) in [7, 11) is 0. The minimum Gasteiger partial charge on any atom is -0.469 e. The van der Waals surface area contributed by atoms with Crippen LogP contribution in [0.4, 0.5) is 5.69 Å². The molecule has 10 rings (SSSR count). The maximum atomic E-state index is 14.1. The molecule has 262 valence electrons. The fraction of sp³-hybridized carbons (Fsp3) is 0.300. The average Bonchev–Trinajstić information content (AvgIpc) is 3.98. The Bertz CT molecular complexity index is 2380. The molecule has 1 saturated heterocycles. The average molecular weight is 696 g/mol. The van der Waals surface area contributed by atoms with E-state index < -0.39 is 24.2 Å². The number of fused-ring (bicyclic) bond motifs is 8. The van der Waals surface area contributed by atoms with Gasteiger partial charge in [0, 0.05) is 45.9 Å². The van der Waals surface area contributed by atoms with Crippen LogP contribution in [0.3, 0.4) is 0 Å². The smallest absolute Gasteiger partial charge is 0.249 e. The monoisotopic (exact) mass is 695 g/mol. The Labute approximate surface area is 298 Å². The number of carbonyl (C=O) groups is 2. The number of carbonyl (C=O) groups excluding carboxylic acids is 2. The molecule has 6 aromatic rings. The second-order valence-corrected chi connectivity index (χ2v) is 14.4. The molecule has 0 spiro atoms. The number of anilines is 1. The molecule has 12 nitrogen and oxygen atoms in total. The van der Waals surface area contributed by atoms with Gasteiger partial charge >= 0.3 is 0 Å². The number of oxazole rings is 2. The lowest BCUT2D eigenvalue weighted by Crippen LogP contribution is -2.53. The van der Waals surface area contributed by atoms with Crippen molar-refractivity contribution in [2.24, 2.45) is 5.92 Å². The Morgan fingerprint density at radius 1 is 1.00 bits per heavy atom. The number of hydrogen-bond donors (Lipinski definition) is 5. The lowest BCUT2D eigenvalue weighted by molar-refractivity contribution is -0.130. The summed E-state index contributed by atoms with van der Waals surface area (Å²) in [4.78, 5) is 40.7. The van der Waals surface area contributed by atoms with E-state index in [4.69, 9.17) is 23.5 Å². The molecule has 2 amide bonds. The fourth-order valence-corrected chi connectivity index (χ4v) is 8.18. The number of para-hydroxylation sites is 1. The quantitative estimate of drug-likeness (QED) is 0.149. The predicted molar refractivity (Wildman–Crippen MR) is 193 cm³/mol. The van der Waals surface area contributed by atoms with Crippen LogP contribution in [0, 0.1) is 5.92 Å². The zero-order valence-electron chi connectivity index (χ0n) is 28.7. The molecule has 5 atom stereocenters. The molecule has 7 heterocycles. The van der Waals surface area contributed by atoms with Crippen molar-refractivity contribution >= 4 is 28.4 Å². The van der Waals surface area contributed by atoms with Crippen molar-refractivity contribution in [2.45, 2.75) is 63.4 Å². The van der Waals surface area contributed by atoms with E-state index in [-0.39, 0.29) is 23.8 Å². The van der Waals surface area contributed by atoms with Gasteiger partial charge in [-0.05, 0) is 54.6 Å². The van der Waals surface area contributed by atoms with Crippen molar-refractivity contribution in [1.82, 2.24) is 30.9 Å². The third-order valence-electron chi connectivity index (χ3n) is 10.8. The first-order chi connectivity index (χ1) is 25.4. The molecule has 0 radical (unpaired) electrons. The largest absolute Gasteiger partial charge is 0.469 e.